The third-order valence-electron chi connectivity index (χ3n) is 5.26. The van der Waals surface area contributed by atoms with Crippen LogP contribution in [0.4, 0.5) is 5.13 Å². The van der Waals surface area contributed by atoms with Gasteiger partial charge in [-0.15, -0.1) is 11.3 Å². The molecule has 1 unspecified atom stereocenters. The van der Waals surface area contributed by atoms with E-state index in [2.05, 4.69) is 27.4 Å². The molecule has 162 valence electrons. The molecular weight excluding hydrogens is 420 g/mol. The smallest absolute Gasteiger partial charge is 0.253 e. The average Bonchev–Trinajstić information content (AvgIpc) is 3.12. The Labute approximate surface area is 187 Å². The van der Waals surface area contributed by atoms with Gasteiger partial charge in [-0.25, -0.2) is 4.98 Å². The van der Waals surface area contributed by atoms with E-state index < -0.39 is 6.04 Å². The van der Waals surface area contributed by atoms with Crippen molar-refractivity contribution in [3.05, 3.63) is 45.9 Å². The summed E-state index contributed by atoms with van der Waals surface area (Å²) in [5.41, 5.74) is 1.32. The Morgan fingerprint density at radius 1 is 1.33 bits per heavy atom. The lowest BCUT2D eigenvalue weighted by Gasteiger charge is -2.30. The molecule has 6 nitrogen and oxygen atoms in total. The van der Waals surface area contributed by atoms with Crippen LogP contribution in [-0.4, -0.2) is 40.8 Å². The van der Waals surface area contributed by atoms with Gasteiger partial charge in [0.05, 0.1) is 16.3 Å². The molecule has 1 saturated heterocycles. The molecule has 2 amide bonds. The molecule has 1 aliphatic heterocycles. The Kier molecular flexibility index (Phi) is 7.86. The van der Waals surface area contributed by atoms with Crippen molar-refractivity contribution in [2.24, 2.45) is 11.8 Å². The minimum absolute atomic E-state index is 0.0919. The summed E-state index contributed by atoms with van der Waals surface area (Å²) in [6, 6.07) is 6.11. The first-order valence-corrected chi connectivity index (χ1v) is 11.6. The molecule has 3 rings (SSSR count). The number of hydrogen-bond acceptors (Lipinski definition) is 5. The largest absolute Gasteiger partial charge is 0.340 e. The Bertz CT molecular complexity index is 886. The summed E-state index contributed by atoms with van der Waals surface area (Å²) >= 11 is 7.52. The highest BCUT2D eigenvalue weighted by Crippen LogP contribution is 2.22. The van der Waals surface area contributed by atoms with Crippen molar-refractivity contribution >= 4 is 39.9 Å². The number of halogens is 1. The number of piperidine rings is 1. The van der Waals surface area contributed by atoms with Crippen molar-refractivity contribution in [3.8, 4) is 0 Å². The summed E-state index contributed by atoms with van der Waals surface area (Å²) in [4.78, 5) is 32.4. The Balaban J connectivity index is 1.60. The first-order chi connectivity index (χ1) is 14.3. The van der Waals surface area contributed by atoms with Gasteiger partial charge >= 0.3 is 0 Å². The van der Waals surface area contributed by atoms with Crippen molar-refractivity contribution in [1.29, 1.82) is 0 Å². The van der Waals surface area contributed by atoms with Gasteiger partial charge in [0.2, 0.25) is 5.91 Å². The minimum Gasteiger partial charge on any atom is -0.340 e. The molecule has 2 atom stereocenters. The fraction of sp³-hybridized carbons (Fsp3) is 0.500. The van der Waals surface area contributed by atoms with E-state index in [4.69, 9.17) is 11.6 Å². The van der Waals surface area contributed by atoms with Crippen molar-refractivity contribution in [2.75, 3.05) is 18.4 Å². The number of carbonyl (C=O) groups is 2. The molecule has 0 aliphatic carbocycles. The Morgan fingerprint density at radius 3 is 2.80 bits per heavy atom. The van der Waals surface area contributed by atoms with E-state index in [1.165, 1.54) is 24.2 Å². The molecule has 2 heterocycles. The fourth-order valence-electron chi connectivity index (χ4n) is 3.68. The van der Waals surface area contributed by atoms with Gasteiger partial charge < -0.3 is 10.6 Å². The maximum Gasteiger partial charge on any atom is 0.253 e. The predicted octanol–water partition coefficient (Wildman–Crippen LogP) is 4.42. The molecule has 2 aromatic rings. The predicted molar refractivity (Wildman–Crippen MR) is 122 cm³/mol. The molecule has 0 bridgehead atoms. The summed E-state index contributed by atoms with van der Waals surface area (Å²) in [7, 11) is 0. The second kappa shape index (κ2) is 10.4. The topological polar surface area (TPSA) is 74.3 Å². The van der Waals surface area contributed by atoms with Gasteiger partial charge in [0, 0.05) is 18.5 Å². The van der Waals surface area contributed by atoms with E-state index in [0.29, 0.717) is 21.6 Å². The van der Waals surface area contributed by atoms with Gasteiger partial charge in [-0.1, -0.05) is 44.5 Å². The van der Waals surface area contributed by atoms with Crippen LogP contribution >= 0.6 is 22.9 Å². The second-order valence-corrected chi connectivity index (χ2v) is 9.56. The maximum atomic E-state index is 12.8. The monoisotopic (exact) mass is 448 g/mol. The SMILES string of the molecule is CC1CCCN(Cc2csc(NC(=O)[C@@H](NC(=O)c3ccccc3Cl)C(C)C)n2)C1. The number of rotatable bonds is 7. The van der Waals surface area contributed by atoms with Crippen LogP contribution in [0.5, 0.6) is 0 Å². The van der Waals surface area contributed by atoms with Crippen LogP contribution in [0.2, 0.25) is 5.02 Å². The zero-order valence-corrected chi connectivity index (χ0v) is 19.2. The van der Waals surface area contributed by atoms with Crippen molar-refractivity contribution < 1.29 is 9.59 Å². The molecule has 1 aliphatic rings. The standard InChI is InChI=1S/C22H29ClN4O2S/c1-14(2)19(25-20(28)17-8-4-5-9-18(17)23)21(29)26-22-24-16(13-30-22)12-27-10-6-7-15(3)11-27/h4-5,8-9,13-15,19H,6-7,10-12H2,1-3H3,(H,25,28)(H,24,26,29)/t15?,19-/m0/s1. The zero-order chi connectivity index (χ0) is 21.7. The molecule has 30 heavy (non-hydrogen) atoms. The van der Waals surface area contributed by atoms with Crippen molar-refractivity contribution in [2.45, 2.75) is 46.2 Å². The lowest BCUT2D eigenvalue weighted by Crippen LogP contribution is -2.47. The van der Waals surface area contributed by atoms with E-state index in [-0.39, 0.29) is 17.7 Å². The molecule has 0 spiro atoms. The number of likely N-dealkylation sites (tertiary alicyclic amines) is 1. The lowest BCUT2D eigenvalue weighted by molar-refractivity contribution is -0.118. The van der Waals surface area contributed by atoms with E-state index in [1.807, 2.05) is 19.2 Å². The van der Waals surface area contributed by atoms with Crippen LogP contribution < -0.4 is 10.6 Å². The Hall–Kier alpha value is -1.96. The number of amides is 2. The van der Waals surface area contributed by atoms with Gasteiger partial charge in [0.25, 0.3) is 5.91 Å². The zero-order valence-electron chi connectivity index (χ0n) is 17.7. The highest BCUT2D eigenvalue weighted by atomic mass is 35.5. The average molecular weight is 449 g/mol. The van der Waals surface area contributed by atoms with Crippen molar-refractivity contribution in [1.82, 2.24) is 15.2 Å². The van der Waals surface area contributed by atoms with Gasteiger partial charge in [0.15, 0.2) is 5.13 Å². The first kappa shape index (κ1) is 22.7. The van der Waals surface area contributed by atoms with E-state index >= 15 is 0 Å². The first-order valence-electron chi connectivity index (χ1n) is 10.4. The Morgan fingerprint density at radius 2 is 2.10 bits per heavy atom. The van der Waals surface area contributed by atoms with Crippen LogP contribution in [-0.2, 0) is 11.3 Å². The van der Waals surface area contributed by atoms with Gasteiger partial charge in [-0.05, 0) is 43.4 Å². The van der Waals surface area contributed by atoms with E-state index in [9.17, 15) is 9.59 Å². The lowest BCUT2D eigenvalue weighted by atomic mass is 10.0. The van der Waals surface area contributed by atoms with Crippen molar-refractivity contribution in [3.63, 3.8) is 0 Å². The normalized spacial score (nSPS) is 18.2. The highest BCUT2D eigenvalue weighted by Gasteiger charge is 2.26. The number of hydrogen-bond donors (Lipinski definition) is 2. The summed E-state index contributed by atoms with van der Waals surface area (Å²) in [6.07, 6.45) is 2.50. The maximum absolute atomic E-state index is 12.8. The van der Waals surface area contributed by atoms with Crippen LogP contribution in [0.1, 0.15) is 49.7 Å². The number of benzene rings is 1. The number of aromatic nitrogens is 1. The number of thiazole rings is 1. The second-order valence-electron chi connectivity index (χ2n) is 8.29. The van der Waals surface area contributed by atoms with Crippen LogP contribution in [0, 0.1) is 11.8 Å². The summed E-state index contributed by atoms with van der Waals surface area (Å²) in [5.74, 6) is -0.0257. The summed E-state index contributed by atoms with van der Waals surface area (Å²) in [6.45, 7) is 9.04. The third-order valence-corrected chi connectivity index (χ3v) is 6.40. The van der Waals surface area contributed by atoms with Crippen LogP contribution in [0.25, 0.3) is 0 Å². The summed E-state index contributed by atoms with van der Waals surface area (Å²) < 4.78 is 0. The molecule has 1 aromatic heterocycles. The number of nitrogens with one attached hydrogen (secondary N) is 2. The molecule has 8 heteroatoms. The van der Waals surface area contributed by atoms with E-state index in [1.54, 1.807) is 24.3 Å². The van der Waals surface area contributed by atoms with Crippen LogP contribution in [0.15, 0.2) is 29.6 Å². The van der Waals surface area contributed by atoms with Gasteiger partial charge in [-0.3, -0.25) is 14.5 Å². The minimum atomic E-state index is -0.691. The van der Waals surface area contributed by atoms with Crippen LogP contribution in [0.3, 0.4) is 0 Å². The molecule has 0 saturated carbocycles. The molecule has 1 fully saturated rings. The number of nitrogens with zero attached hydrogens (tertiary/aromatic N) is 2. The summed E-state index contributed by atoms with van der Waals surface area (Å²) in [5, 5.41) is 8.56. The molecular formula is C22H29ClN4O2S. The number of carbonyl (C=O) groups excluding carboxylic acids is 2. The fourth-order valence-corrected chi connectivity index (χ4v) is 4.60. The highest BCUT2D eigenvalue weighted by molar-refractivity contribution is 7.13. The molecule has 1 aromatic carbocycles. The third kappa shape index (κ3) is 6.03. The quantitative estimate of drug-likeness (QED) is 0.657. The van der Waals surface area contributed by atoms with E-state index in [0.717, 1.165) is 25.3 Å². The molecule has 0 radical (unpaired) electrons. The van der Waals surface area contributed by atoms with Gasteiger partial charge in [-0.2, -0.15) is 0 Å². The number of anilines is 1. The van der Waals surface area contributed by atoms with Gasteiger partial charge in [0.1, 0.15) is 6.04 Å². The molecule has 2 N–H and O–H groups in total.